The molecule has 0 aliphatic heterocycles. The largest absolute Gasteiger partial charge is 0.496 e. The van der Waals surface area contributed by atoms with Crippen LogP contribution in [0.25, 0.3) is 0 Å². The molecule has 0 spiro atoms. The van der Waals surface area contributed by atoms with E-state index in [1.807, 2.05) is 32.9 Å². The summed E-state index contributed by atoms with van der Waals surface area (Å²) in [6.07, 6.45) is 2.42. The minimum Gasteiger partial charge on any atom is -0.496 e. The third-order valence-corrected chi connectivity index (χ3v) is 5.00. The monoisotopic (exact) mass is 472 g/mol. The van der Waals surface area contributed by atoms with Gasteiger partial charge in [-0.3, -0.25) is 4.79 Å². The summed E-state index contributed by atoms with van der Waals surface area (Å²) in [5, 5.41) is 4.19. The molecule has 0 radical (unpaired) electrons. The van der Waals surface area contributed by atoms with Gasteiger partial charge in [0.1, 0.15) is 12.4 Å². The zero-order chi connectivity index (χ0) is 20.9. The fourth-order valence-electron chi connectivity index (χ4n) is 2.55. The average molecular weight is 474 g/mol. The molecule has 2 aromatic rings. The van der Waals surface area contributed by atoms with Gasteiger partial charge in [-0.15, -0.1) is 0 Å². The van der Waals surface area contributed by atoms with Crippen molar-refractivity contribution in [1.82, 2.24) is 9.78 Å². The lowest BCUT2D eigenvalue weighted by Crippen LogP contribution is -2.36. The molecule has 0 amide bonds. The van der Waals surface area contributed by atoms with E-state index in [9.17, 15) is 4.79 Å². The van der Waals surface area contributed by atoms with Gasteiger partial charge in [-0.1, -0.05) is 34.5 Å². The maximum Gasteiger partial charge on any atom is 0.289 e. The molecule has 0 unspecified atom stereocenters. The first kappa shape index (κ1) is 22.7. The van der Waals surface area contributed by atoms with Crippen LogP contribution in [0.3, 0.4) is 0 Å². The molecule has 0 bridgehead atoms. The van der Waals surface area contributed by atoms with Crippen molar-refractivity contribution in [3.63, 3.8) is 0 Å². The number of methoxy groups -OCH3 is 1. The summed E-state index contributed by atoms with van der Waals surface area (Å²) >= 11 is 9.78. The maximum atomic E-state index is 12.4. The Balaban J connectivity index is 2.20. The first-order valence-electron chi connectivity index (χ1n) is 9.03. The summed E-state index contributed by atoms with van der Waals surface area (Å²) in [5.74, 6) is 0.953. The van der Waals surface area contributed by atoms with Gasteiger partial charge in [0.25, 0.3) is 5.56 Å². The van der Waals surface area contributed by atoms with Gasteiger partial charge in [0, 0.05) is 16.6 Å². The van der Waals surface area contributed by atoms with Crippen molar-refractivity contribution in [3.8, 4) is 11.5 Å². The molecule has 154 valence electrons. The van der Waals surface area contributed by atoms with Crippen LogP contribution >= 0.6 is 27.5 Å². The molecule has 0 atom stereocenters. The fraction of sp³-hybridized carbons (Fsp3) is 0.500. The van der Waals surface area contributed by atoms with E-state index in [-0.39, 0.29) is 22.9 Å². The van der Waals surface area contributed by atoms with E-state index in [4.69, 9.17) is 25.8 Å². The highest BCUT2D eigenvalue weighted by Crippen LogP contribution is 2.31. The van der Waals surface area contributed by atoms with Crippen molar-refractivity contribution in [2.75, 3.05) is 13.7 Å². The fourth-order valence-corrected chi connectivity index (χ4v) is 3.33. The Hall–Kier alpha value is -1.57. The van der Waals surface area contributed by atoms with Gasteiger partial charge in [-0.25, -0.2) is 4.68 Å². The highest BCUT2D eigenvalue weighted by atomic mass is 79.9. The Kier molecular flexibility index (Phi) is 7.92. The molecule has 0 saturated carbocycles. The van der Waals surface area contributed by atoms with Gasteiger partial charge in [-0.2, -0.15) is 5.10 Å². The van der Waals surface area contributed by atoms with Gasteiger partial charge in [0.15, 0.2) is 10.8 Å². The number of hydrogen-bond acceptors (Lipinski definition) is 5. The lowest BCUT2D eigenvalue weighted by Gasteiger charge is -2.21. The topological polar surface area (TPSA) is 62.6 Å². The zero-order valence-corrected chi connectivity index (χ0v) is 19.2. The third kappa shape index (κ3) is 5.49. The van der Waals surface area contributed by atoms with E-state index in [2.05, 4.69) is 28.0 Å². The smallest absolute Gasteiger partial charge is 0.289 e. The first-order chi connectivity index (χ1) is 13.2. The van der Waals surface area contributed by atoms with Crippen LogP contribution in [-0.4, -0.2) is 23.5 Å². The van der Waals surface area contributed by atoms with Crippen molar-refractivity contribution in [2.24, 2.45) is 0 Å². The Labute approximate surface area is 178 Å². The molecule has 0 N–H and O–H groups in total. The van der Waals surface area contributed by atoms with E-state index in [1.54, 1.807) is 7.11 Å². The van der Waals surface area contributed by atoms with E-state index in [1.165, 1.54) is 10.9 Å². The molecular weight excluding hydrogens is 448 g/mol. The van der Waals surface area contributed by atoms with Gasteiger partial charge in [-0.05, 0) is 44.9 Å². The van der Waals surface area contributed by atoms with Gasteiger partial charge < -0.3 is 14.2 Å². The number of aromatic nitrogens is 2. The minimum absolute atomic E-state index is 0.0144. The number of benzene rings is 1. The molecule has 6 nitrogen and oxygen atoms in total. The number of ether oxygens (including phenoxy) is 3. The van der Waals surface area contributed by atoms with Gasteiger partial charge >= 0.3 is 0 Å². The molecule has 0 fully saturated rings. The molecule has 0 aliphatic carbocycles. The van der Waals surface area contributed by atoms with E-state index >= 15 is 0 Å². The minimum atomic E-state index is -0.465. The van der Waals surface area contributed by atoms with Gasteiger partial charge in [0.2, 0.25) is 0 Å². The van der Waals surface area contributed by atoms with Crippen LogP contribution in [-0.2, 0) is 23.5 Å². The quantitative estimate of drug-likeness (QED) is 0.509. The molecule has 8 heteroatoms. The van der Waals surface area contributed by atoms with Crippen molar-refractivity contribution in [1.29, 1.82) is 0 Å². The number of hydrogen-bond donors (Lipinski definition) is 0. The van der Waals surface area contributed by atoms with Crippen LogP contribution in [0, 0.1) is 0 Å². The predicted molar refractivity (Wildman–Crippen MR) is 113 cm³/mol. The Morgan fingerprint density at radius 2 is 1.93 bits per heavy atom. The second-order valence-corrected chi connectivity index (χ2v) is 8.54. The molecule has 28 heavy (non-hydrogen) atoms. The Morgan fingerprint density at radius 3 is 2.54 bits per heavy atom. The molecule has 1 aromatic carbocycles. The normalized spacial score (nSPS) is 11.5. The van der Waals surface area contributed by atoms with Crippen molar-refractivity contribution in [3.05, 3.63) is 49.3 Å². The predicted octanol–water partition coefficient (Wildman–Crippen LogP) is 4.93. The second kappa shape index (κ2) is 9.76. The van der Waals surface area contributed by atoms with Crippen LogP contribution in [0.4, 0.5) is 0 Å². The van der Waals surface area contributed by atoms with E-state index in [0.29, 0.717) is 19.0 Å². The van der Waals surface area contributed by atoms with Crippen LogP contribution < -0.4 is 15.0 Å². The summed E-state index contributed by atoms with van der Waals surface area (Å²) in [6, 6.07) is 3.82. The maximum absolute atomic E-state index is 12.4. The van der Waals surface area contributed by atoms with Crippen LogP contribution in [0.2, 0.25) is 5.02 Å². The summed E-state index contributed by atoms with van der Waals surface area (Å²) < 4.78 is 19.1. The Bertz CT molecular complexity index is 878. The number of halogens is 2. The number of nitrogens with zero attached hydrogens (tertiary/aromatic N) is 2. The Morgan fingerprint density at radius 1 is 1.21 bits per heavy atom. The molecular formula is C20H26BrClN2O4. The zero-order valence-electron chi connectivity index (χ0n) is 16.8. The van der Waals surface area contributed by atoms with Crippen LogP contribution in [0.15, 0.2) is 27.6 Å². The standard InChI is InChI=1S/C20H26BrClN2O4/c1-6-7-27-12-14-15(21)8-13(9-16(14)26-5)11-28-17-10-23-24(20(2,3)4)19(25)18(17)22/h8-10H,6-7,11-12H2,1-5H3. The lowest BCUT2D eigenvalue weighted by atomic mass is 10.1. The van der Waals surface area contributed by atoms with E-state index in [0.717, 1.165) is 22.0 Å². The number of rotatable bonds is 8. The highest BCUT2D eigenvalue weighted by molar-refractivity contribution is 9.10. The highest BCUT2D eigenvalue weighted by Gasteiger charge is 2.20. The molecule has 2 rings (SSSR count). The molecule has 0 saturated heterocycles. The summed E-state index contributed by atoms with van der Waals surface area (Å²) in [4.78, 5) is 12.4. The van der Waals surface area contributed by atoms with E-state index < -0.39 is 5.54 Å². The lowest BCUT2D eigenvalue weighted by molar-refractivity contribution is 0.119. The molecule has 0 aliphatic rings. The summed E-state index contributed by atoms with van der Waals surface area (Å²) in [5.41, 5.74) is 0.952. The van der Waals surface area contributed by atoms with Crippen molar-refractivity contribution < 1.29 is 14.2 Å². The van der Waals surface area contributed by atoms with Crippen molar-refractivity contribution in [2.45, 2.75) is 52.9 Å². The first-order valence-corrected chi connectivity index (χ1v) is 10.2. The van der Waals surface area contributed by atoms with Crippen LogP contribution in [0.5, 0.6) is 11.5 Å². The SMILES string of the molecule is CCCOCc1c(Br)cc(COc2cnn(C(C)(C)C)c(=O)c2Cl)cc1OC. The summed E-state index contributed by atoms with van der Waals surface area (Å²) in [7, 11) is 1.61. The molecule has 1 aromatic heterocycles. The third-order valence-electron chi connectivity index (χ3n) is 3.95. The average Bonchev–Trinajstić information content (AvgIpc) is 2.63. The summed E-state index contributed by atoms with van der Waals surface area (Å²) in [6.45, 7) is 9.07. The van der Waals surface area contributed by atoms with Crippen molar-refractivity contribution >= 4 is 27.5 Å². The van der Waals surface area contributed by atoms with Gasteiger partial charge in [0.05, 0.1) is 25.5 Å². The van der Waals surface area contributed by atoms with Crippen LogP contribution in [0.1, 0.15) is 45.2 Å². The second-order valence-electron chi connectivity index (χ2n) is 7.31. The molecule has 1 heterocycles.